The third-order valence-corrected chi connectivity index (χ3v) is 5.37. The summed E-state index contributed by atoms with van der Waals surface area (Å²) in [6, 6.07) is 10.8. The number of urea groups is 1. The summed E-state index contributed by atoms with van der Waals surface area (Å²) in [5.41, 5.74) is 0.610. The Balaban J connectivity index is 1.29. The van der Waals surface area contributed by atoms with Gasteiger partial charge in [0.1, 0.15) is 5.82 Å². The zero-order chi connectivity index (χ0) is 20.6. The molecule has 1 saturated carbocycles. The maximum atomic E-state index is 13.2. The van der Waals surface area contributed by atoms with Gasteiger partial charge in [-0.2, -0.15) is 13.2 Å². The number of carbonyl (C=O) groups is 1. The lowest BCUT2D eigenvalue weighted by molar-refractivity contribution is -0.137. The first-order valence-corrected chi connectivity index (χ1v) is 9.54. The van der Waals surface area contributed by atoms with E-state index >= 15 is 0 Å². The number of hydrogen-bond donors (Lipinski definition) is 2. The fourth-order valence-electron chi connectivity index (χ4n) is 3.55. The number of nitrogens with zero attached hydrogens (tertiary/aromatic N) is 1. The fourth-order valence-corrected chi connectivity index (χ4v) is 3.55. The number of alkyl halides is 3. The highest BCUT2D eigenvalue weighted by atomic mass is 19.4. The molecule has 1 aliphatic carbocycles. The highest BCUT2D eigenvalue weighted by Gasteiger charge is 2.38. The van der Waals surface area contributed by atoms with Crippen LogP contribution in [0.2, 0.25) is 0 Å². The van der Waals surface area contributed by atoms with Crippen LogP contribution in [0.4, 0.5) is 28.0 Å². The number of likely N-dealkylation sites (tertiary alicyclic amines) is 1. The Morgan fingerprint density at radius 2 is 1.62 bits per heavy atom. The first kappa shape index (κ1) is 19.7. The van der Waals surface area contributed by atoms with Gasteiger partial charge in [0.15, 0.2) is 0 Å². The van der Waals surface area contributed by atoms with Gasteiger partial charge in [0.2, 0.25) is 0 Å². The van der Waals surface area contributed by atoms with E-state index in [2.05, 4.69) is 10.6 Å². The number of nitrogens with one attached hydrogen (secondary N) is 2. The van der Waals surface area contributed by atoms with E-state index in [1.54, 1.807) is 17.0 Å². The third-order valence-electron chi connectivity index (χ3n) is 5.37. The highest BCUT2D eigenvalue weighted by molar-refractivity contribution is 5.90. The zero-order valence-electron chi connectivity index (χ0n) is 15.5. The van der Waals surface area contributed by atoms with Crippen LogP contribution in [0, 0.1) is 11.7 Å². The zero-order valence-corrected chi connectivity index (χ0v) is 15.5. The van der Waals surface area contributed by atoms with E-state index in [0.29, 0.717) is 24.7 Å². The molecule has 2 aromatic rings. The van der Waals surface area contributed by atoms with Crippen LogP contribution in [0.3, 0.4) is 0 Å². The summed E-state index contributed by atoms with van der Waals surface area (Å²) in [5, 5.41) is 6.17. The summed E-state index contributed by atoms with van der Waals surface area (Å²) in [4.78, 5) is 13.9. The van der Waals surface area contributed by atoms with Crippen molar-refractivity contribution in [3.63, 3.8) is 0 Å². The smallest absolute Gasteiger partial charge is 0.321 e. The lowest BCUT2D eigenvalue weighted by Crippen LogP contribution is -2.61. The average Bonchev–Trinajstić information content (AvgIpc) is 3.46. The normalized spacial score (nSPS) is 18.3. The third kappa shape index (κ3) is 4.70. The van der Waals surface area contributed by atoms with Crippen molar-refractivity contribution >= 4 is 11.7 Å². The minimum absolute atomic E-state index is 0.129. The Bertz CT molecular complexity index is 857. The molecule has 29 heavy (non-hydrogen) atoms. The van der Waals surface area contributed by atoms with Gasteiger partial charge in [-0.05, 0) is 60.7 Å². The van der Waals surface area contributed by atoms with Crippen LogP contribution < -0.4 is 10.6 Å². The summed E-state index contributed by atoms with van der Waals surface area (Å²) in [6.07, 6.45) is -2.15. The van der Waals surface area contributed by atoms with Crippen LogP contribution in [0.25, 0.3) is 0 Å². The molecule has 0 bridgehead atoms. The van der Waals surface area contributed by atoms with Gasteiger partial charge >= 0.3 is 12.2 Å². The Labute approximate surface area is 165 Å². The van der Waals surface area contributed by atoms with Crippen molar-refractivity contribution in [1.82, 2.24) is 10.2 Å². The molecule has 2 aliphatic rings. The Hall–Kier alpha value is -2.61. The molecule has 2 fully saturated rings. The monoisotopic (exact) mass is 407 g/mol. The molecular weight excluding hydrogens is 386 g/mol. The topological polar surface area (TPSA) is 44.4 Å². The summed E-state index contributed by atoms with van der Waals surface area (Å²) in [5.74, 6) is 0.258. The fraction of sp³-hybridized carbons (Fsp3) is 0.381. The summed E-state index contributed by atoms with van der Waals surface area (Å²) >= 11 is 0. The summed E-state index contributed by atoms with van der Waals surface area (Å²) < 4.78 is 51.0. The standard InChI is InChI=1S/C21H21F4N3O/c22-16-7-3-14(4-8-16)19(13-1-2-13)26-18-11-28(12-18)20(29)27-17-9-5-15(6-10-17)21(23,24)25/h3-10,13,18-19,26H,1-2,11-12H2,(H,27,29). The number of carbonyl (C=O) groups excluding carboxylic acids is 1. The Morgan fingerprint density at radius 3 is 2.17 bits per heavy atom. The van der Waals surface area contributed by atoms with Crippen LogP contribution in [0.5, 0.6) is 0 Å². The maximum Gasteiger partial charge on any atom is 0.416 e. The molecule has 2 amide bonds. The molecule has 2 N–H and O–H groups in total. The van der Waals surface area contributed by atoms with E-state index in [-0.39, 0.29) is 23.9 Å². The second kappa shape index (κ2) is 7.67. The first-order valence-electron chi connectivity index (χ1n) is 9.54. The Morgan fingerprint density at radius 1 is 1.00 bits per heavy atom. The van der Waals surface area contributed by atoms with E-state index < -0.39 is 11.7 Å². The van der Waals surface area contributed by atoms with Gasteiger partial charge in [-0.15, -0.1) is 0 Å². The largest absolute Gasteiger partial charge is 0.416 e. The van der Waals surface area contributed by atoms with Crippen molar-refractivity contribution in [3.8, 4) is 0 Å². The van der Waals surface area contributed by atoms with Gasteiger partial charge in [0, 0.05) is 30.9 Å². The number of anilines is 1. The van der Waals surface area contributed by atoms with Crippen molar-refractivity contribution in [2.24, 2.45) is 5.92 Å². The number of rotatable bonds is 5. The van der Waals surface area contributed by atoms with Crippen molar-refractivity contribution in [3.05, 3.63) is 65.5 Å². The van der Waals surface area contributed by atoms with Crippen molar-refractivity contribution in [1.29, 1.82) is 0 Å². The molecule has 4 rings (SSSR count). The van der Waals surface area contributed by atoms with Gasteiger partial charge in [0.05, 0.1) is 5.56 Å². The minimum Gasteiger partial charge on any atom is -0.321 e. The van der Waals surface area contributed by atoms with Crippen LogP contribution in [0.15, 0.2) is 48.5 Å². The predicted molar refractivity (Wildman–Crippen MR) is 101 cm³/mol. The molecule has 1 saturated heterocycles. The number of halogens is 4. The van der Waals surface area contributed by atoms with Crippen LogP contribution >= 0.6 is 0 Å². The van der Waals surface area contributed by atoms with E-state index in [0.717, 1.165) is 30.5 Å². The SMILES string of the molecule is O=C(Nc1ccc(C(F)(F)F)cc1)N1CC(NC(c2ccc(F)cc2)C2CC2)C1. The lowest BCUT2D eigenvalue weighted by Gasteiger charge is -2.41. The van der Waals surface area contributed by atoms with Crippen molar-refractivity contribution < 1.29 is 22.4 Å². The molecule has 1 heterocycles. The van der Waals surface area contributed by atoms with Gasteiger partial charge in [0.25, 0.3) is 0 Å². The number of amides is 2. The van der Waals surface area contributed by atoms with Gasteiger partial charge in [-0.25, -0.2) is 9.18 Å². The quantitative estimate of drug-likeness (QED) is 0.700. The van der Waals surface area contributed by atoms with Crippen molar-refractivity contribution in [2.45, 2.75) is 31.1 Å². The summed E-state index contributed by atoms with van der Waals surface area (Å²) in [6.45, 7) is 1.02. The molecule has 8 heteroatoms. The van der Waals surface area contributed by atoms with E-state index in [1.807, 2.05) is 0 Å². The molecule has 0 spiro atoms. The van der Waals surface area contributed by atoms with Crippen LogP contribution in [0.1, 0.15) is 30.0 Å². The second-order valence-electron chi connectivity index (χ2n) is 7.64. The van der Waals surface area contributed by atoms with E-state index in [4.69, 9.17) is 0 Å². The van der Waals surface area contributed by atoms with Gasteiger partial charge in [-0.1, -0.05) is 12.1 Å². The molecule has 154 valence electrons. The molecule has 4 nitrogen and oxygen atoms in total. The second-order valence-corrected chi connectivity index (χ2v) is 7.64. The number of benzene rings is 2. The average molecular weight is 407 g/mol. The number of hydrogen-bond acceptors (Lipinski definition) is 2. The maximum absolute atomic E-state index is 13.2. The molecule has 0 radical (unpaired) electrons. The lowest BCUT2D eigenvalue weighted by atomic mass is 9.99. The van der Waals surface area contributed by atoms with Gasteiger partial charge < -0.3 is 15.5 Å². The van der Waals surface area contributed by atoms with E-state index in [9.17, 15) is 22.4 Å². The first-order chi connectivity index (χ1) is 13.8. The molecule has 2 aromatic carbocycles. The molecule has 1 unspecified atom stereocenters. The molecule has 1 aliphatic heterocycles. The van der Waals surface area contributed by atoms with Gasteiger partial charge in [-0.3, -0.25) is 0 Å². The minimum atomic E-state index is -4.40. The predicted octanol–water partition coefficient (Wildman–Crippen LogP) is 4.80. The Kier molecular flexibility index (Phi) is 5.21. The summed E-state index contributed by atoms with van der Waals surface area (Å²) in [7, 11) is 0. The molecule has 1 atom stereocenters. The van der Waals surface area contributed by atoms with E-state index in [1.165, 1.54) is 24.3 Å². The highest BCUT2D eigenvalue weighted by Crippen LogP contribution is 2.41. The van der Waals surface area contributed by atoms with Crippen molar-refractivity contribution in [2.75, 3.05) is 18.4 Å². The van der Waals surface area contributed by atoms with Crippen LogP contribution in [-0.2, 0) is 6.18 Å². The molecule has 0 aromatic heterocycles. The van der Waals surface area contributed by atoms with Crippen LogP contribution in [-0.4, -0.2) is 30.1 Å². The molecular formula is C21H21F4N3O.